The molecule has 124 valence electrons. The van der Waals surface area contributed by atoms with Crippen molar-refractivity contribution in [2.45, 2.75) is 24.7 Å². The van der Waals surface area contributed by atoms with Crippen molar-refractivity contribution in [1.82, 2.24) is 0 Å². The molecule has 0 amide bonds. The fourth-order valence-electron chi connectivity index (χ4n) is 2.76. The van der Waals surface area contributed by atoms with Crippen molar-refractivity contribution in [3.63, 3.8) is 0 Å². The Morgan fingerprint density at radius 1 is 1.32 bits per heavy atom. The Kier molecular flexibility index (Phi) is 4.71. The summed E-state index contributed by atoms with van der Waals surface area (Å²) in [5, 5.41) is 18.9. The molecule has 1 heterocycles. The van der Waals surface area contributed by atoms with E-state index in [-0.39, 0.29) is 16.7 Å². The summed E-state index contributed by atoms with van der Waals surface area (Å²) in [5.41, 5.74) is -0.549. The molecule has 6 heteroatoms. The molecule has 2 aromatic carbocycles. The van der Waals surface area contributed by atoms with Gasteiger partial charge in [0.25, 0.3) is 0 Å². The van der Waals surface area contributed by atoms with E-state index in [9.17, 15) is 9.59 Å². The molecule has 25 heavy (non-hydrogen) atoms. The van der Waals surface area contributed by atoms with E-state index in [1.54, 1.807) is 18.0 Å². The molecule has 0 N–H and O–H groups in total. The summed E-state index contributed by atoms with van der Waals surface area (Å²) in [5.74, 6) is 1.70. The molecule has 0 saturated carbocycles. The molecule has 0 spiro atoms. The van der Waals surface area contributed by atoms with Crippen molar-refractivity contribution in [1.29, 1.82) is 5.26 Å². The molecule has 0 aromatic heterocycles. The Morgan fingerprint density at radius 2 is 2.08 bits per heavy atom. The molecule has 0 bridgehead atoms. The minimum Gasteiger partial charge on any atom is -0.762 e. The smallest absolute Gasteiger partial charge is 0.236 e. The van der Waals surface area contributed by atoms with Gasteiger partial charge in [-0.1, -0.05) is 37.2 Å². The lowest BCUT2D eigenvalue weighted by Gasteiger charge is -2.20. The molecule has 0 radical (unpaired) electrons. The maximum atomic E-state index is 12.0. The number of benzene rings is 1. The lowest BCUT2D eigenvalue weighted by Crippen LogP contribution is -2.38. The first-order valence-corrected chi connectivity index (χ1v) is 8.71. The van der Waals surface area contributed by atoms with Crippen LogP contribution in [-0.2, 0) is 0 Å². The number of nitrogens with zero attached hydrogens (tertiary/aromatic N) is 3. The van der Waals surface area contributed by atoms with Gasteiger partial charge in [0, 0.05) is 17.0 Å². The van der Waals surface area contributed by atoms with Crippen molar-refractivity contribution in [2.75, 3.05) is 11.4 Å². The number of thioether (sulfide) groups is 1. The summed E-state index contributed by atoms with van der Waals surface area (Å²) in [7, 11) is 0. The molecule has 5 nitrogen and oxygen atoms in total. The Balaban J connectivity index is 2.07. The number of fused-ring (bicyclic) bond motifs is 1. The van der Waals surface area contributed by atoms with Gasteiger partial charge < -0.3 is 10.3 Å². The van der Waals surface area contributed by atoms with Crippen molar-refractivity contribution < 1.29 is 0 Å². The number of allylic oxidation sites excluding steroid dienone is 1. The lowest BCUT2D eigenvalue weighted by molar-refractivity contribution is 0.780. The van der Waals surface area contributed by atoms with E-state index in [4.69, 9.17) is 10.7 Å². The fraction of sp³-hybridized carbons (Fsp3) is 0.211. The van der Waals surface area contributed by atoms with Crippen LogP contribution < -0.4 is 15.8 Å². The zero-order valence-corrected chi connectivity index (χ0v) is 14.4. The van der Waals surface area contributed by atoms with Gasteiger partial charge in [0.2, 0.25) is 10.9 Å². The fourth-order valence-corrected chi connectivity index (χ4v) is 3.89. The number of nitriles is 1. The van der Waals surface area contributed by atoms with Crippen LogP contribution in [0.4, 0.5) is 5.69 Å². The van der Waals surface area contributed by atoms with Gasteiger partial charge in [-0.3, -0.25) is 9.59 Å². The second-order valence-corrected chi connectivity index (χ2v) is 6.67. The summed E-state index contributed by atoms with van der Waals surface area (Å²) in [6, 6.07) is 9.63. The summed E-state index contributed by atoms with van der Waals surface area (Å²) >= 11 is 1.52. The molecule has 2 aromatic rings. The topological polar surface area (TPSA) is 83.5 Å². The maximum Gasteiger partial charge on any atom is 0.236 e. The quantitative estimate of drug-likeness (QED) is 0.471. The van der Waals surface area contributed by atoms with Gasteiger partial charge in [-0.2, -0.15) is 5.26 Å². The third-order valence-corrected chi connectivity index (χ3v) is 5.17. The predicted octanol–water partition coefficient (Wildman–Crippen LogP) is 3.14. The van der Waals surface area contributed by atoms with Crippen LogP contribution in [0.2, 0.25) is 0 Å². The van der Waals surface area contributed by atoms with E-state index in [0.717, 1.165) is 35.0 Å². The van der Waals surface area contributed by atoms with Crippen LogP contribution in [0.3, 0.4) is 0 Å². The van der Waals surface area contributed by atoms with E-state index < -0.39 is 10.9 Å². The van der Waals surface area contributed by atoms with E-state index in [2.05, 4.69) is 11.8 Å². The minimum atomic E-state index is -0.759. The van der Waals surface area contributed by atoms with Crippen LogP contribution in [0.15, 0.2) is 43.8 Å². The summed E-state index contributed by atoms with van der Waals surface area (Å²) in [6.07, 6.45) is 3.65. The third-order valence-electron chi connectivity index (χ3n) is 4.06. The highest BCUT2D eigenvalue weighted by Crippen LogP contribution is 2.46. The normalized spacial score (nSPS) is 14.4. The lowest BCUT2D eigenvalue weighted by atomic mass is 9.95. The summed E-state index contributed by atoms with van der Waals surface area (Å²) < 4.78 is 0. The molecule has 0 atom stereocenters. The van der Waals surface area contributed by atoms with Crippen molar-refractivity contribution in [3.8, 4) is 6.07 Å². The molecule has 0 aliphatic carbocycles. The number of para-hydroxylation sites is 1. The van der Waals surface area contributed by atoms with Crippen molar-refractivity contribution in [3.05, 3.63) is 66.3 Å². The van der Waals surface area contributed by atoms with Crippen LogP contribution in [0.1, 0.15) is 30.9 Å². The second-order valence-electron chi connectivity index (χ2n) is 5.60. The first-order chi connectivity index (χ1) is 12.1. The Labute approximate surface area is 149 Å². The van der Waals surface area contributed by atoms with Gasteiger partial charge in [-0.25, -0.2) is 5.87 Å². The van der Waals surface area contributed by atoms with Crippen molar-refractivity contribution >= 4 is 35.0 Å². The highest BCUT2D eigenvalue weighted by molar-refractivity contribution is 8.03. The number of anilines is 1. The number of rotatable bonds is 5. The van der Waals surface area contributed by atoms with Crippen LogP contribution in [0.5, 0.6) is 0 Å². The van der Waals surface area contributed by atoms with Crippen LogP contribution in [0.25, 0.3) is 17.1 Å². The Bertz CT molecular complexity index is 1030. The number of hydrogen-bond acceptors (Lipinski definition) is 5. The SMILES string of the molecule is CCCCN1/C(=C/c2c(C(=C=[N-])C#N)c(=O)c2=O)Sc2ccccc21. The predicted molar refractivity (Wildman–Crippen MR) is 101 cm³/mol. The van der Waals surface area contributed by atoms with Gasteiger partial charge in [0.1, 0.15) is 6.07 Å². The van der Waals surface area contributed by atoms with E-state index in [1.807, 2.05) is 24.3 Å². The van der Waals surface area contributed by atoms with Gasteiger partial charge in [0.05, 0.1) is 21.9 Å². The highest BCUT2D eigenvalue weighted by atomic mass is 32.2. The monoisotopic (exact) mass is 348 g/mol. The molecule has 1 aliphatic heterocycles. The summed E-state index contributed by atoms with van der Waals surface area (Å²) in [4.78, 5) is 27.0. The number of unbranched alkanes of at least 4 members (excludes halogenated alkanes) is 1. The molecule has 0 unspecified atom stereocenters. The average molecular weight is 348 g/mol. The number of hydrogen-bond donors (Lipinski definition) is 0. The standard InChI is InChI=1S/C19H14N3O2S/c1-2-3-8-22-14-6-4-5-7-15(14)25-16(22)9-13-17(12(10-20)11-21)19(24)18(13)23/h4-7,9H,2-3,8H2,1H3/q-1/b16-9-. The first kappa shape index (κ1) is 17.0. The largest absolute Gasteiger partial charge is 0.762 e. The molecule has 3 rings (SSSR count). The average Bonchev–Trinajstić information content (AvgIpc) is 2.99. The Morgan fingerprint density at radius 3 is 2.76 bits per heavy atom. The zero-order valence-electron chi connectivity index (χ0n) is 13.6. The van der Waals surface area contributed by atoms with E-state index in [1.165, 1.54) is 11.8 Å². The zero-order chi connectivity index (χ0) is 18.0. The van der Waals surface area contributed by atoms with Gasteiger partial charge >= 0.3 is 0 Å². The van der Waals surface area contributed by atoms with E-state index in [0.29, 0.717) is 0 Å². The second kappa shape index (κ2) is 6.94. The maximum absolute atomic E-state index is 12.0. The molecular formula is C19H14N3O2S-. The van der Waals surface area contributed by atoms with Gasteiger partial charge in [0.15, 0.2) is 0 Å². The van der Waals surface area contributed by atoms with Gasteiger partial charge in [-0.15, -0.1) is 0 Å². The third kappa shape index (κ3) is 2.85. The van der Waals surface area contributed by atoms with Crippen LogP contribution in [0, 0.1) is 11.3 Å². The van der Waals surface area contributed by atoms with E-state index >= 15 is 0 Å². The molecule has 1 aliphatic rings. The Hall–Kier alpha value is -2.87. The first-order valence-electron chi connectivity index (χ1n) is 7.89. The van der Waals surface area contributed by atoms with Gasteiger partial charge in [-0.05, 0) is 24.6 Å². The van der Waals surface area contributed by atoms with Crippen LogP contribution >= 0.6 is 11.8 Å². The molecular weight excluding hydrogens is 334 g/mol. The highest BCUT2D eigenvalue weighted by Gasteiger charge is 2.28. The van der Waals surface area contributed by atoms with Crippen molar-refractivity contribution in [2.24, 2.45) is 0 Å². The minimum absolute atomic E-state index is 0.0607. The van der Waals surface area contributed by atoms with Crippen LogP contribution in [-0.4, -0.2) is 12.4 Å². The summed E-state index contributed by atoms with van der Waals surface area (Å²) in [6.45, 7) is 2.90. The molecule has 0 saturated heterocycles. The molecule has 0 fully saturated rings.